The minimum absolute atomic E-state index is 0.345. The Morgan fingerprint density at radius 2 is 2.00 bits per heavy atom. The molecule has 84 valence electrons. The molecule has 0 N–H and O–H groups in total. The normalized spacial score (nSPS) is 16.8. The minimum atomic E-state index is 0.345. The van der Waals surface area contributed by atoms with E-state index in [0.717, 1.165) is 23.1 Å². The second kappa shape index (κ2) is 5.36. The lowest BCUT2D eigenvalue weighted by Crippen LogP contribution is -2.19. The van der Waals surface area contributed by atoms with Gasteiger partial charge in [-0.1, -0.05) is 6.42 Å². The molecule has 16 heavy (non-hydrogen) atoms. The highest BCUT2D eigenvalue weighted by Gasteiger charge is 2.15. The van der Waals surface area contributed by atoms with Crippen LogP contribution in [0.4, 0.5) is 0 Å². The van der Waals surface area contributed by atoms with E-state index in [4.69, 9.17) is 10.00 Å². The van der Waals surface area contributed by atoms with Crippen molar-refractivity contribution in [3.8, 4) is 11.8 Å². The van der Waals surface area contributed by atoms with E-state index in [1.165, 1.54) is 19.3 Å². The van der Waals surface area contributed by atoms with Crippen LogP contribution in [0.15, 0.2) is 22.7 Å². The summed E-state index contributed by atoms with van der Waals surface area (Å²) in [6, 6.07) is 7.58. The summed E-state index contributed by atoms with van der Waals surface area (Å²) in [6.07, 6.45) is 6.49. The van der Waals surface area contributed by atoms with Gasteiger partial charge in [-0.15, -0.1) is 0 Å². The van der Waals surface area contributed by atoms with Gasteiger partial charge in [0.1, 0.15) is 5.75 Å². The van der Waals surface area contributed by atoms with Crippen molar-refractivity contribution in [3.05, 3.63) is 28.2 Å². The highest BCUT2D eigenvalue weighted by Crippen LogP contribution is 2.30. The summed E-state index contributed by atoms with van der Waals surface area (Å²) in [7, 11) is 0. The molecule has 1 aromatic carbocycles. The maximum atomic E-state index is 8.76. The monoisotopic (exact) mass is 279 g/mol. The molecular weight excluding hydrogens is 266 g/mol. The average Bonchev–Trinajstić information content (AvgIpc) is 2.33. The van der Waals surface area contributed by atoms with E-state index < -0.39 is 0 Å². The van der Waals surface area contributed by atoms with Crippen LogP contribution in [0.25, 0.3) is 0 Å². The molecule has 0 bridgehead atoms. The number of nitriles is 1. The Kier molecular flexibility index (Phi) is 3.84. The third-order valence-corrected chi connectivity index (χ3v) is 3.53. The first-order valence-corrected chi connectivity index (χ1v) is 6.45. The molecule has 0 saturated heterocycles. The van der Waals surface area contributed by atoms with E-state index in [1.807, 2.05) is 6.07 Å². The number of ether oxygens (including phenoxy) is 1. The summed E-state index contributed by atoms with van der Waals surface area (Å²) in [5, 5.41) is 8.76. The van der Waals surface area contributed by atoms with Crippen LogP contribution in [0, 0.1) is 11.3 Å². The van der Waals surface area contributed by atoms with Crippen molar-refractivity contribution < 1.29 is 4.74 Å². The maximum Gasteiger partial charge on any atom is 0.133 e. The molecule has 1 saturated carbocycles. The Morgan fingerprint density at radius 3 is 2.62 bits per heavy atom. The first kappa shape index (κ1) is 11.5. The molecule has 0 atom stereocenters. The molecule has 0 radical (unpaired) electrons. The number of hydrogen-bond acceptors (Lipinski definition) is 2. The molecule has 0 spiro atoms. The van der Waals surface area contributed by atoms with Crippen LogP contribution in [-0.4, -0.2) is 6.10 Å². The van der Waals surface area contributed by atoms with Gasteiger partial charge in [0.2, 0.25) is 0 Å². The first-order chi connectivity index (χ1) is 7.79. The Hall–Kier alpha value is -1.01. The topological polar surface area (TPSA) is 33.0 Å². The van der Waals surface area contributed by atoms with Gasteiger partial charge in [0, 0.05) is 0 Å². The molecular formula is C13H14BrNO. The maximum absolute atomic E-state index is 8.76. The Bertz CT molecular complexity index is 405. The van der Waals surface area contributed by atoms with Gasteiger partial charge in [-0.3, -0.25) is 0 Å². The Morgan fingerprint density at radius 1 is 1.25 bits per heavy atom. The predicted octanol–water partition coefficient (Wildman–Crippen LogP) is 4.03. The van der Waals surface area contributed by atoms with E-state index in [-0.39, 0.29) is 0 Å². The SMILES string of the molecule is N#Cc1ccc(OC2CCCCC2)c(Br)c1. The standard InChI is InChI=1S/C13H14BrNO/c14-12-8-10(9-15)6-7-13(12)16-11-4-2-1-3-5-11/h6-8,11H,1-5H2. The van der Waals surface area contributed by atoms with Crippen molar-refractivity contribution in [1.29, 1.82) is 5.26 Å². The zero-order valence-electron chi connectivity index (χ0n) is 9.08. The summed E-state index contributed by atoms with van der Waals surface area (Å²) in [6.45, 7) is 0. The van der Waals surface area contributed by atoms with E-state index in [1.54, 1.807) is 12.1 Å². The summed E-state index contributed by atoms with van der Waals surface area (Å²) in [4.78, 5) is 0. The van der Waals surface area contributed by atoms with Crippen molar-refractivity contribution in [2.24, 2.45) is 0 Å². The van der Waals surface area contributed by atoms with Crippen molar-refractivity contribution in [2.45, 2.75) is 38.2 Å². The highest BCUT2D eigenvalue weighted by molar-refractivity contribution is 9.10. The van der Waals surface area contributed by atoms with Gasteiger partial charge in [-0.2, -0.15) is 5.26 Å². The van der Waals surface area contributed by atoms with E-state index in [2.05, 4.69) is 22.0 Å². The van der Waals surface area contributed by atoms with Gasteiger partial charge in [0.15, 0.2) is 0 Å². The average molecular weight is 280 g/mol. The molecule has 0 aliphatic heterocycles. The predicted molar refractivity (Wildman–Crippen MR) is 66.4 cm³/mol. The number of rotatable bonds is 2. The molecule has 0 amide bonds. The number of nitrogens with zero attached hydrogens (tertiary/aromatic N) is 1. The van der Waals surface area contributed by atoms with Gasteiger partial charge < -0.3 is 4.74 Å². The first-order valence-electron chi connectivity index (χ1n) is 5.66. The molecule has 0 unspecified atom stereocenters. The van der Waals surface area contributed by atoms with Crippen LogP contribution < -0.4 is 4.74 Å². The van der Waals surface area contributed by atoms with Crippen molar-refractivity contribution in [2.75, 3.05) is 0 Å². The number of halogens is 1. The summed E-state index contributed by atoms with van der Waals surface area (Å²) >= 11 is 3.44. The van der Waals surface area contributed by atoms with Gasteiger partial charge >= 0.3 is 0 Å². The van der Waals surface area contributed by atoms with Crippen molar-refractivity contribution in [1.82, 2.24) is 0 Å². The molecule has 2 rings (SSSR count). The number of hydrogen-bond donors (Lipinski definition) is 0. The highest BCUT2D eigenvalue weighted by atomic mass is 79.9. The largest absolute Gasteiger partial charge is 0.489 e. The molecule has 1 aliphatic rings. The molecule has 3 heteroatoms. The molecule has 2 nitrogen and oxygen atoms in total. The Labute approximate surface area is 104 Å². The van der Waals surface area contributed by atoms with Crippen LogP contribution in [-0.2, 0) is 0 Å². The van der Waals surface area contributed by atoms with Crippen molar-refractivity contribution in [3.63, 3.8) is 0 Å². The van der Waals surface area contributed by atoms with Crippen LogP contribution in [0.1, 0.15) is 37.7 Å². The molecule has 1 aromatic rings. The third-order valence-electron chi connectivity index (χ3n) is 2.91. The van der Waals surface area contributed by atoms with E-state index in [9.17, 15) is 0 Å². The fourth-order valence-electron chi connectivity index (χ4n) is 2.03. The van der Waals surface area contributed by atoms with Gasteiger partial charge in [-0.05, 0) is 59.8 Å². The lowest BCUT2D eigenvalue weighted by molar-refractivity contribution is 0.154. The van der Waals surface area contributed by atoms with Crippen LogP contribution in [0.2, 0.25) is 0 Å². The molecule has 0 heterocycles. The fraction of sp³-hybridized carbons (Fsp3) is 0.462. The molecule has 1 fully saturated rings. The second-order valence-corrected chi connectivity index (χ2v) is 4.99. The van der Waals surface area contributed by atoms with E-state index >= 15 is 0 Å². The van der Waals surface area contributed by atoms with Gasteiger partial charge in [0.25, 0.3) is 0 Å². The lowest BCUT2D eigenvalue weighted by Gasteiger charge is -2.23. The van der Waals surface area contributed by atoms with Gasteiger partial charge in [-0.25, -0.2) is 0 Å². The lowest BCUT2D eigenvalue weighted by atomic mass is 9.98. The molecule has 1 aliphatic carbocycles. The van der Waals surface area contributed by atoms with Crippen molar-refractivity contribution >= 4 is 15.9 Å². The minimum Gasteiger partial charge on any atom is -0.489 e. The van der Waals surface area contributed by atoms with E-state index in [0.29, 0.717) is 11.7 Å². The van der Waals surface area contributed by atoms with Crippen LogP contribution in [0.5, 0.6) is 5.75 Å². The second-order valence-electron chi connectivity index (χ2n) is 4.13. The quantitative estimate of drug-likeness (QED) is 0.819. The smallest absolute Gasteiger partial charge is 0.133 e. The summed E-state index contributed by atoms with van der Waals surface area (Å²) in [5.41, 5.74) is 0.655. The zero-order valence-corrected chi connectivity index (χ0v) is 10.7. The summed E-state index contributed by atoms with van der Waals surface area (Å²) in [5.74, 6) is 0.853. The van der Waals surface area contributed by atoms with Crippen LogP contribution in [0.3, 0.4) is 0 Å². The third kappa shape index (κ3) is 2.76. The van der Waals surface area contributed by atoms with Crippen LogP contribution >= 0.6 is 15.9 Å². The molecule has 0 aromatic heterocycles. The Balaban J connectivity index is 2.06. The number of benzene rings is 1. The fourth-order valence-corrected chi connectivity index (χ4v) is 2.50. The summed E-state index contributed by atoms with van der Waals surface area (Å²) < 4.78 is 6.80. The zero-order chi connectivity index (χ0) is 11.4. The van der Waals surface area contributed by atoms with Gasteiger partial charge in [0.05, 0.1) is 22.2 Å².